The number of halogens is 1. The molecule has 0 N–H and O–H groups in total. The molecule has 0 aliphatic carbocycles. The Hall–Kier alpha value is -1.35. The molecule has 1 aromatic rings. The molecule has 1 aromatic heterocycles. The van der Waals surface area contributed by atoms with Crippen molar-refractivity contribution in [3.05, 3.63) is 41.7 Å². The fourth-order valence-electron chi connectivity index (χ4n) is 1.47. The first-order valence-electron chi connectivity index (χ1n) is 5.42. The average Bonchev–Trinajstić information content (AvgIpc) is 2.32. The summed E-state index contributed by atoms with van der Waals surface area (Å²) in [5.74, 6) is -0.289. The van der Waals surface area contributed by atoms with Crippen molar-refractivity contribution in [2.75, 3.05) is 6.61 Å². The van der Waals surface area contributed by atoms with Gasteiger partial charge in [-0.15, -0.1) is 6.58 Å². The molecule has 0 aliphatic rings. The average molecular weight is 254 g/mol. The summed E-state index contributed by atoms with van der Waals surface area (Å²) in [5, 5.41) is 0.546. The summed E-state index contributed by atoms with van der Waals surface area (Å²) in [6, 6.07) is 1.79. The Labute approximate surface area is 106 Å². The number of rotatable bonds is 5. The monoisotopic (exact) mass is 253 g/mol. The Kier molecular flexibility index (Phi) is 4.70. The highest BCUT2D eigenvalue weighted by Gasteiger charge is 2.32. The van der Waals surface area contributed by atoms with Gasteiger partial charge in [-0.25, -0.2) is 0 Å². The first kappa shape index (κ1) is 13.7. The van der Waals surface area contributed by atoms with Gasteiger partial charge in [0.2, 0.25) is 0 Å². The fraction of sp³-hybridized carbons (Fsp3) is 0.385. The molecular weight excluding hydrogens is 238 g/mol. The van der Waals surface area contributed by atoms with Crippen LogP contribution in [0.2, 0.25) is 5.02 Å². The van der Waals surface area contributed by atoms with E-state index in [0.717, 1.165) is 5.56 Å². The van der Waals surface area contributed by atoms with E-state index in [9.17, 15) is 4.79 Å². The number of hydrogen-bond donors (Lipinski definition) is 0. The minimum Gasteiger partial charge on any atom is -0.465 e. The maximum atomic E-state index is 11.9. The molecule has 92 valence electrons. The number of pyridine rings is 1. The second kappa shape index (κ2) is 5.82. The van der Waals surface area contributed by atoms with Gasteiger partial charge < -0.3 is 4.74 Å². The van der Waals surface area contributed by atoms with Gasteiger partial charge in [-0.3, -0.25) is 9.78 Å². The van der Waals surface area contributed by atoms with Crippen LogP contribution in [0, 0.1) is 5.41 Å². The van der Waals surface area contributed by atoms with Crippen molar-refractivity contribution in [3.8, 4) is 0 Å². The zero-order valence-corrected chi connectivity index (χ0v) is 10.8. The molecule has 17 heavy (non-hydrogen) atoms. The second-order valence-electron chi connectivity index (χ2n) is 3.99. The molecule has 1 heterocycles. The fourth-order valence-corrected chi connectivity index (χ4v) is 1.65. The number of hydrogen-bond acceptors (Lipinski definition) is 3. The van der Waals surface area contributed by atoms with Crippen LogP contribution >= 0.6 is 11.6 Å². The van der Waals surface area contributed by atoms with E-state index in [1.807, 2.05) is 0 Å². The summed E-state index contributed by atoms with van der Waals surface area (Å²) < 4.78 is 5.04. The van der Waals surface area contributed by atoms with Gasteiger partial charge in [-0.05, 0) is 31.9 Å². The standard InChI is InChI=1S/C13H16ClNO2/c1-4-13(3,12(16)17-5-2)8-10-6-7-15-9-11(10)14/h4,6-7,9H,1,5,8H2,2-3H3. The van der Waals surface area contributed by atoms with Crippen molar-refractivity contribution in [3.63, 3.8) is 0 Å². The summed E-state index contributed by atoms with van der Waals surface area (Å²) in [5.41, 5.74) is 0.0956. The van der Waals surface area contributed by atoms with Crippen LogP contribution in [0.25, 0.3) is 0 Å². The van der Waals surface area contributed by atoms with Gasteiger partial charge in [0.15, 0.2) is 0 Å². The molecule has 0 spiro atoms. The van der Waals surface area contributed by atoms with E-state index >= 15 is 0 Å². The van der Waals surface area contributed by atoms with E-state index < -0.39 is 5.41 Å². The van der Waals surface area contributed by atoms with Gasteiger partial charge in [0.1, 0.15) is 0 Å². The van der Waals surface area contributed by atoms with Crippen molar-refractivity contribution in [2.24, 2.45) is 5.41 Å². The van der Waals surface area contributed by atoms with E-state index in [-0.39, 0.29) is 5.97 Å². The van der Waals surface area contributed by atoms with Crippen molar-refractivity contribution < 1.29 is 9.53 Å². The first-order chi connectivity index (χ1) is 8.03. The highest BCUT2D eigenvalue weighted by atomic mass is 35.5. The summed E-state index contributed by atoms with van der Waals surface area (Å²) in [6.07, 6.45) is 5.26. The number of esters is 1. The van der Waals surface area contributed by atoms with Crippen molar-refractivity contribution in [1.29, 1.82) is 0 Å². The Morgan fingerprint density at radius 2 is 2.41 bits per heavy atom. The van der Waals surface area contributed by atoms with E-state index in [0.29, 0.717) is 18.1 Å². The van der Waals surface area contributed by atoms with Gasteiger partial charge in [0, 0.05) is 12.4 Å². The number of aromatic nitrogens is 1. The van der Waals surface area contributed by atoms with Crippen molar-refractivity contribution in [2.45, 2.75) is 20.3 Å². The highest BCUT2D eigenvalue weighted by Crippen LogP contribution is 2.28. The van der Waals surface area contributed by atoms with E-state index in [4.69, 9.17) is 16.3 Å². The van der Waals surface area contributed by atoms with Gasteiger partial charge >= 0.3 is 5.97 Å². The van der Waals surface area contributed by atoms with Crippen LogP contribution in [-0.4, -0.2) is 17.6 Å². The third-order valence-corrected chi connectivity index (χ3v) is 2.95. The van der Waals surface area contributed by atoms with Gasteiger partial charge in [0.25, 0.3) is 0 Å². The van der Waals surface area contributed by atoms with E-state index in [2.05, 4.69) is 11.6 Å². The topological polar surface area (TPSA) is 39.2 Å². The third-order valence-electron chi connectivity index (χ3n) is 2.61. The maximum Gasteiger partial charge on any atom is 0.315 e. The number of ether oxygens (including phenoxy) is 1. The molecule has 1 rings (SSSR count). The molecule has 0 bridgehead atoms. The molecule has 1 atom stereocenters. The lowest BCUT2D eigenvalue weighted by atomic mass is 9.84. The molecule has 0 saturated heterocycles. The molecule has 0 saturated carbocycles. The quantitative estimate of drug-likeness (QED) is 0.598. The Balaban J connectivity index is 2.93. The molecule has 0 aromatic carbocycles. The Morgan fingerprint density at radius 1 is 1.71 bits per heavy atom. The minimum absolute atomic E-state index is 0.289. The molecule has 3 nitrogen and oxygen atoms in total. The predicted molar refractivity (Wildman–Crippen MR) is 67.9 cm³/mol. The summed E-state index contributed by atoms with van der Waals surface area (Å²) in [7, 11) is 0. The zero-order chi connectivity index (χ0) is 12.9. The van der Waals surface area contributed by atoms with Crippen LogP contribution in [-0.2, 0) is 16.0 Å². The van der Waals surface area contributed by atoms with Gasteiger partial charge in [-0.1, -0.05) is 17.7 Å². The molecule has 0 amide bonds. The summed E-state index contributed by atoms with van der Waals surface area (Å²) in [6.45, 7) is 7.62. The molecule has 1 unspecified atom stereocenters. The van der Waals surface area contributed by atoms with Crippen molar-refractivity contribution in [1.82, 2.24) is 4.98 Å². The maximum absolute atomic E-state index is 11.9. The van der Waals surface area contributed by atoms with Crippen LogP contribution in [0.4, 0.5) is 0 Å². The summed E-state index contributed by atoms with van der Waals surface area (Å²) >= 11 is 6.02. The van der Waals surface area contributed by atoms with Gasteiger partial charge in [0.05, 0.1) is 17.0 Å². The smallest absolute Gasteiger partial charge is 0.315 e. The first-order valence-corrected chi connectivity index (χ1v) is 5.80. The van der Waals surface area contributed by atoms with Crippen LogP contribution in [0.5, 0.6) is 0 Å². The number of carbonyl (C=O) groups is 1. The predicted octanol–water partition coefficient (Wildman–Crippen LogP) is 3.03. The van der Waals surface area contributed by atoms with E-state index in [1.165, 1.54) is 0 Å². The number of carbonyl (C=O) groups excluding carboxylic acids is 1. The van der Waals surface area contributed by atoms with Crippen molar-refractivity contribution >= 4 is 17.6 Å². The largest absolute Gasteiger partial charge is 0.465 e. The number of nitrogens with zero attached hydrogens (tertiary/aromatic N) is 1. The SMILES string of the molecule is C=CC(C)(Cc1ccncc1Cl)C(=O)OCC. The normalized spacial score (nSPS) is 13.8. The van der Waals surface area contributed by atoms with Crippen LogP contribution in [0.3, 0.4) is 0 Å². The van der Waals surface area contributed by atoms with Crippen LogP contribution in [0.1, 0.15) is 19.4 Å². The van der Waals surface area contributed by atoms with Gasteiger partial charge in [-0.2, -0.15) is 0 Å². The second-order valence-corrected chi connectivity index (χ2v) is 4.39. The Bertz CT molecular complexity index is 420. The molecular formula is C13H16ClNO2. The Morgan fingerprint density at radius 3 is 2.94 bits per heavy atom. The molecule has 0 aliphatic heterocycles. The third kappa shape index (κ3) is 3.30. The lowest BCUT2D eigenvalue weighted by Crippen LogP contribution is -2.30. The molecule has 4 heteroatoms. The van der Waals surface area contributed by atoms with Crippen LogP contribution < -0.4 is 0 Å². The molecule has 0 fully saturated rings. The lowest BCUT2D eigenvalue weighted by molar-refractivity contribution is -0.151. The summed E-state index contributed by atoms with van der Waals surface area (Å²) in [4.78, 5) is 15.8. The van der Waals surface area contributed by atoms with E-state index in [1.54, 1.807) is 38.4 Å². The highest BCUT2D eigenvalue weighted by molar-refractivity contribution is 6.31. The zero-order valence-electron chi connectivity index (χ0n) is 10.1. The lowest BCUT2D eigenvalue weighted by Gasteiger charge is -2.23. The molecule has 0 radical (unpaired) electrons. The van der Waals surface area contributed by atoms with Crippen LogP contribution in [0.15, 0.2) is 31.1 Å². The minimum atomic E-state index is -0.763.